The number of rotatable bonds is 39. The summed E-state index contributed by atoms with van der Waals surface area (Å²) < 4.78 is 32.5. The van der Waals surface area contributed by atoms with E-state index in [1.165, 1.54) is 64.2 Å². The summed E-state index contributed by atoms with van der Waals surface area (Å²) in [7, 11) is -4.76. The number of ether oxygens (including phenoxy) is 2. The van der Waals surface area contributed by atoms with E-state index in [1.807, 2.05) is 12.2 Å². The van der Waals surface area contributed by atoms with Crippen LogP contribution in [0.1, 0.15) is 162 Å². The number of carboxylic acid groups (broad SMARTS) is 1. The largest absolute Gasteiger partial charge is 0.480 e. The molecule has 0 amide bonds. The number of carbonyl (C=O) groups is 3. The molecule has 4 atom stereocenters. The van der Waals surface area contributed by atoms with Crippen molar-refractivity contribution in [3.8, 4) is 0 Å². The molecule has 0 heterocycles. The van der Waals surface area contributed by atoms with Gasteiger partial charge in [-0.25, -0.2) is 4.57 Å². The monoisotopic (exact) mass is 826 g/mol. The average Bonchev–Trinajstić information content (AvgIpc) is 3.18. The number of hydrogen-bond donors (Lipinski definition) is 4. The van der Waals surface area contributed by atoms with Crippen LogP contribution in [-0.2, 0) is 37.5 Å². The number of hydrogen-bond acceptors (Lipinski definition) is 10. The molecule has 0 aromatic rings. The molecule has 12 nitrogen and oxygen atoms in total. The Labute approximate surface area is 343 Å². The van der Waals surface area contributed by atoms with Gasteiger partial charge in [0.05, 0.1) is 19.3 Å². The molecule has 328 valence electrons. The summed E-state index contributed by atoms with van der Waals surface area (Å²) in [5, 5.41) is 19.1. The molecule has 0 aliphatic heterocycles. The zero-order valence-electron chi connectivity index (χ0n) is 35.0. The zero-order chi connectivity index (χ0) is 42.2. The van der Waals surface area contributed by atoms with Gasteiger partial charge < -0.3 is 30.3 Å². The van der Waals surface area contributed by atoms with Crippen LogP contribution >= 0.6 is 7.82 Å². The average molecular weight is 826 g/mol. The van der Waals surface area contributed by atoms with E-state index >= 15 is 0 Å². The molecule has 0 aliphatic rings. The first-order valence-corrected chi connectivity index (χ1v) is 22.9. The number of nitrogens with two attached hydrogens (primary N) is 1. The second-order valence-corrected chi connectivity index (χ2v) is 15.8. The summed E-state index contributed by atoms with van der Waals surface area (Å²) >= 11 is 0. The Balaban J connectivity index is 4.58. The highest BCUT2D eigenvalue weighted by atomic mass is 31.2. The standard InChI is InChI=1S/C44H76NO11P/c1-3-5-7-9-11-13-15-17-18-20-22-24-26-28-30-34-43(48)56-40(37-54-57(51,52)55-38-41(45)44(49)50)36-53-42(47)35-31-33-39(46)32-29-27-25-23-21-19-16-14-12-10-8-6-4-2/h12-15,19,21,25,27,29,32,39-41,46H,3-11,16-18,20,22-24,26,28,30-31,33-38,45H2,1-2H3,(H,49,50)(H,51,52)/b14-12-,15-13-,21-19-,27-25-,32-29+/t39-,40-,41+/m1/s1. The number of aliphatic carboxylic acids is 1. The van der Waals surface area contributed by atoms with Gasteiger partial charge >= 0.3 is 25.7 Å². The summed E-state index contributed by atoms with van der Waals surface area (Å²) in [6.45, 7) is 2.55. The Hall–Kier alpha value is -2.86. The lowest BCUT2D eigenvalue weighted by molar-refractivity contribution is -0.161. The Morgan fingerprint density at radius 2 is 1.14 bits per heavy atom. The minimum Gasteiger partial charge on any atom is -0.480 e. The van der Waals surface area contributed by atoms with E-state index in [2.05, 4.69) is 54.8 Å². The number of allylic oxidation sites excluding steroid dienone is 9. The molecule has 1 unspecified atom stereocenters. The van der Waals surface area contributed by atoms with Crippen molar-refractivity contribution >= 4 is 25.7 Å². The number of aliphatic hydroxyl groups excluding tert-OH is 1. The first kappa shape index (κ1) is 54.1. The fourth-order valence-electron chi connectivity index (χ4n) is 5.40. The minimum absolute atomic E-state index is 0.00931. The van der Waals surface area contributed by atoms with E-state index in [4.69, 9.17) is 24.8 Å². The van der Waals surface area contributed by atoms with Crippen LogP contribution in [0, 0.1) is 0 Å². The van der Waals surface area contributed by atoms with Crippen LogP contribution in [0.15, 0.2) is 60.8 Å². The minimum atomic E-state index is -4.76. The topological polar surface area (TPSA) is 192 Å². The van der Waals surface area contributed by atoms with Gasteiger partial charge in [-0.2, -0.15) is 0 Å². The molecule has 0 spiro atoms. The highest BCUT2D eigenvalue weighted by Crippen LogP contribution is 2.43. The van der Waals surface area contributed by atoms with Crippen molar-refractivity contribution in [2.75, 3.05) is 19.8 Å². The van der Waals surface area contributed by atoms with Crippen LogP contribution in [-0.4, -0.2) is 71.1 Å². The maximum Gasteiger partial charge on any atom is 0.472 e. The van der Waals surface area contributed by atoms with Crippen molar-refractivity contribution in [3.05, 3.63) is 60.8 Å². The van der Waals surface area contributed by atoms with Crippen LogP contribution in [0.3, 0.4) is 0 Å². The van der Waals surface area contributed by atoms with Crippen molar-refractivity contribution in [3.63, 3.8) is 0 Å². The number of phosphoric acid groups is 1. The second kappa shape index (κ2) is 38.6. The predicted molar refractivity (Wildman–Crippen MR) is 227 cm³/mol. The van der Waals surface area contributed by atoms with Crippen molar-refractivity contribution in [2.45, 2.75) is 180 Å². The van der Waals surface area contributed by atoms with E-state index in [1.54, 1.807) is 12.2 Å². The molecule has 0 aromatic carbocycles. The Morgan fingerprint density at radius 3 is 1.79 bits per heavy atom. The van der Waals surface area contributed by atoms with E-state index in [0.29, 0.717) is 19.3 Å². The number of carboxylic acids is 1. The molecule has 0 saturated carbocycles. The Kier molecular flexibility index (Phi) is 36.7. The van der Waals surface area contributed by atoms with E-state index in [9.17, 15) is 28.9 Å². The smallest absolute Gasteiger partial charge is 0.472 e. The molecule has 0 bridgehead atoms. The summed E-state index contributed by atoms with van der Waals surface area (Å²) in [6.07, 6.45) is 40.3. The number of unbranched alkanes of at least 4 members (excludes halogenated alkanes) is 14. The fourth-order valence-corrected chi connectivity index (χ4v) is 6.17. The first-order chi connectivity index (χ1) is 27.5. The zero-order valence-corrected chi connectivity index (χ0v) is 35.9. The van der Waals surface area contributed by atoms with E-state index in [-0.39, 0.29) is 12.8 Å². The van der Waals surface area contributed by atoms with Crippen LogP contribution in [0.2, 0.25) is 0 Å². The number of carbonyl (C=O) groups excluding carboxylic acids is 2. The van der Waals surface area contributed by atoms with Gasteiger partial charge in [-0.05, 0) is 70.6 Å². The molecule has 0 aliphatic carbocycles. The van der Waals surface area contributed by atoms with Crippen LogP contribution in [0.5, 0.6) is 0 Å². The normalized spacial score (nSPS) is 14.9. The summed E-state index contributed by atoms with van der Waals surface area (Å²) in [5.41, 5.74) is 5.32. The van der Waals surface area contributed by atoms with E-state index in [0.717, 1.165) is 51.4 Å². The lowest BCUT2D eigenvalue weighted by Gasteiger charge is -2.20. The van der Waals surface area contributed by atoms with Crippen molar-refractivity contribution in [2.24, 2.45) is 5.73 Å². The predicted octanol–water partition coefficient (Wildman–Crippen LogP) is 10.1. The number of esters is 2. The number of aliphatic hydroxyl groups is 1. The van der Waals surface area contributed by atoms with Gasteiger partial charge in [-0.15, -0.1) is 0 Å². The van der Waals surface area contributed by atoms with Gasteiger partial charge in [-0.3, -0.25) is 23.4 Å². The Morgan fingerprint density at radius 1 is 0.632 bits per heavy atom. The maximum atomic E-state index is 12.6. The van der Waals surface area contributed by atoms with Crippen LogP contribution in [0.25, 0.3) is 0 Å². The van der Waals surface area contributed by atoms with Gasteiger partial charge in [0.2, 0.25) is 0 Å². The maximum absolute atomic E-state index is 12.6. The lowest BCUT2D eigenvalue weighted by atomic mass is 10.1. The van der Waals surface area contributed by atoms with Crippen molar-refractivity contribution in [1.29, 1.82) is 0 Å². The van der Waals surface area contributed by atoms with Crippen molar-refractivity contribution < 1.29 is 52.6 Å². The highest BCUT2D eigenvalue weighted by molar-refractivity contribution is 7.47. The second-order valence-electron chi connectivity index (χ2n) is 14.3. The van der Waals surface area contributed by atoms with Gasteiger partial charge in [0.25, 0.3) is 0 Å². The molecule has 0 aromatic heterocycles. The van der Waals surface area contributed by atoms with Gasteiger partial charge in [0, 0.05) is 12.8 Å². The molecular formula is C44H76NO11P. The Bertz CT molecular complexity index is 1220. The molecule has 13 heteroatoms. The quantitative estimate of drug-likeness (QED) is 0.0151. The van der Waals surface area contributed by atoms with Gasteiger partial charge in [0.1, 0.15) is 12.6 Å². The summed E-state index contributed by atoms with van der Waals surface area (Å²) in [6, 6.07) is -1.55. The highest BCUT2D eigenvalue weighted by Gasteiger charge is 2.28. The third kappa shape index (κ3) is 38.4. The van der Waals surface area contributed by atoms with Gasteiger partial charge in [-0.1, -0.05) is 139 Å². The molecule has 0 rings (SSSR count). The molecule has 5 N–H and O–H groups in total. The first-order valence-electron chi connectivity index (χ1n) is 21.4. The van der Waals surface area contributed by atoms with Crippen LogP contribution in [0.4, 0.5) is 0 Å². The molecule has 0 saturated heterocycles. The summed E-state index contributed by atoms with van der Waals surface area (Å²) in [4.78, 5) is 45.9. The fraction of sp³-hybridized carbons (Fsp3) is 0.705. The number of phosphoric ester groups is 1. The van der Waals surface area contributed by atoms with Crippen LogP contribution < -0.4 is 5.73 Å². The molecule has 0 fully saturated rings. The SMILES string of the molecule is CCCCC/C=C\C/C=C\C/C=C\C=C\[C@@H](O)CCCC(=O)OC[C@H](COP(=O)(O)OC[C@H](N)C(=O)O)OC(=O)CCCCCCCCC/C=C\CCCCCC. The molecule has 57 heavy (non-hydrogen) atoms. The third-order valence-electron chi connectivity index (χ3n) is 8.84. The molecular weight excluding hydrogens is 749 g/mol. The van der Waals surface area contributed by atoms with Gasteiger partial charge in [0.15, 0.2) is 6.10 Å². The molecule has 0 radical (unpaired) electrons. The van der Waals surface area contributed by atoms with E-state index < -0.39 is 63.8 Å². The lowest BCUT2D eigenvalue weighted by Crippen LogP contribution is -2.34. The van der Waals surface area contributed by atoms with Crippen molar-refractivity contribution in [1.82, 2.24) is 0 Å². The third-order valence-corrected chi connectivity index (χ3v) is 9.79. The summed E-state index contributed by atoms with van der Waals surface area (Å²) in [5.74, 6) is -2.61.